The van der Waals surface area contributed by atoms with Gasteiger partial charge in [0.25, 0.3) is 5.91 Å². The average Bonchev–Trinajstić information content (AvgIpc) is 3.40. The quantitative estimate of drug-likeness (QED) is 0.693. The highest BCUT2D eigenvalue weighted by molar-refractivity contribution is 5.92. The third kappa shape index (κ3) is 2.66. The van der Waals surface area contributed by atoms with Crippen molar-refractivity contribution in [2.24, 2.45) is 0 Å². The van der Waals surface area contributed by atoms with Gasteiger partial charge in [-0.15, -0.1) is 10.2 Å². The van der Waals surface area contributed by atoms with Gasteiger partial charge in [0.15, 0.2) is 5.76 Å². The zero-order chi connectivity index (χ0) is 19.4. The lowest BCUT2D eigenvalue weighted by Gasteiger charge is -2.27. The van der Waals surface area contributed by atoms with Crippen LogP contribution in [0.15, 0.2) is 21.1 Å². The van der Waals surface area contributed by atoms with E-state index >= 15 is 0 Å². The molecule has 0 aromatic carbocycles. The second-order valence-electron chi connectivity index (χ2n) is 7.82. The van der Waals surface area contributed by atoms with Crippen LogP contribution in [0.3, 0.4) is 0 Å². The molecule has 0 saturated carbocycles. The number of carbonyl (C=O) groups excluding carboxylic acids is 1. The van der Waals surface area contributed by atoms with Crippen LogP contribution < -0.4 is 0 Å². The van der Waals surface area contributed by atoms with Crippen molar-refractivity contribution in [2.75, 3.05) is 0 Å². The number of hydrogen-bond acceptors (Lipinski definition) is 6. The van der Waals surface area contributed by atoms with E-state index in [4.69, 9.17) is 8.94 Å². The van der Waals surface area contributed by atoms with Crippen LogP contribution in [0.4, 0.5) is 0 Å². The molecule has 1 saturated heterocycles. The molecule has 2 atom stereocenters. The molecule has 3 aromatic heterocycles. The summed E-state index contributed by atoms with van der Waals surface area (Å²) in [5.41, 5.74) is 1.86. The molecule has 2 aliphatic rings. The maximum absolute atomic E-state index is 13.3. The van der Waals surface area contributed by atoms with Crippen LogP contribution in [0.5, 0.6) is 0 Å². The minimum atomic E-state index is -0.0334. The smallest absolute Gasteiger partial charge is 0.290 e. The van der Waals surface area contributed by atoms with Crippen LogP contribution in [-0.2, 0) is 19.4 Å². The lowest BCUT2D eigenvalue weighted by molar-refractivity contribution is 0.0630. The van der Waals surface area contributed by atoms with Crippen molar-refractivity contribution in [3.8, 4) is 0 Å². The molecule has 0 spiro atoms. The Morgan fingerprint density at radius 1 is 1.18 bits per heavy atom. The number of nitrogens with zero attached hydrogens (tertiary/aromatic N) is 5. The van der Waals surface area contributed by atoms with Gasteiger partial charge in [0, 0.05) is 31.0 Å². The van der Waals surface area contributed by atoms with E-state index in [9.17, 15) is 4.79 Å². The van der Waals surface area contributed by atoms with Gasteiger partial charge in [-0.2, -0.15) is 0 Å². The van der Waals surface area contributed by atoms with Crippen molar-refractivity contribution in [1.29, 1.82) is 0 Å². The van der Waals surface area contributed by atoms with Crippen molar-refractivity contribution in [3.63, 3.8) is 0 Å². The Kier molecular flexibility index (Phi) is 3.89. The highest BCUT2D eigenvalue weighted by Gasteiger charge is 2.42. The highest BCUT2D eigenvalue weighted by Crippen LogP contribution is 2.33. The number of hydrogen-bond donors (Lipinski definition) is 0. The van der Waals surface area contributed by atoms with Crippen LogP contribution in [0.25, 0.3) is 0 Å². The summed E-state index contributed by atoms with van der Waals surface area (Å²) in [6, 6.07) is 3.96. The minimum Gasteiger partial charge on any atom is -0.456 e. The van der Waals surface area contributed by atoms with E-state index < -0.39 is 0 Å². The zero-order valence-electron chi connectivity index (χ0n) is 16.3. The Labute approximate surface area is 162 Å². The fourth-order valence-corrected chi connectivity index (χ4v) is 4.55. The number of aryl methyl sites for hydroxylation is 3. The maximum atomic E-state index is 13.3. The van der Waals surface area contributed by atoms with Gasteiger partial charge in [-0.3, -0.25) is 4.79 Å². The van der Waals surface area contributed by atoms with Crippen molar-refractivity contribution in [2.45, 2.75) is 65.1 Å². The summed E-state index contributed by atoms with van der Waals surface area (Å²) >= 11 is 0. The summed E-state index contributed by atoms with van der Waals surface area (Å²) in [6.45, 7) is 6.52. The Morgan fingerprint density at radius 2 is 2.00 bits per heavy atom. The van der Waals surface area contributed by atoms with Gasteiger partial charge in [-0.1, -0.05) is 5.16 Å². The number of carbonyl (C=O) groups is 1. The number of furan rings is 1. The highest BCUT2D eigenvalue weighted by atomic mass is 16.5. The van der Waals surface area contributed by atoms with E-state index in [1.54, 1.807) is 6.07 Å². The number of amides is 1. The fourth-order valence-electron chi connectivity index (χ4n) is 4.55. The van der Waals surface area contributed by atoms with Crippen LogP contribution >= 0.6 is 0 Å². The standard InChI is InChI=1S/C20H23N5O3/c1-11-17(12(2)28-23-11)9-16-6-7-18(27-16)20(26)25-14-4-5-15(25)10-24-13(3)21-22-19(24)8-14/h6-7,14-15H,4-5,8-10H2,1-3H3/t14-,15+/m0/s1. The fraction of sp³-hybridized carbons (Fsp3) is 0.500. The van der Waals surface area contributed by atoms with Crippen LogP contribution in [0, 0.1) is 20.8 Å². The van der Waals surface area contributed by atoms with E-state index in [1.807, 2.05) is 31.7 Å². The molecule has 5 rings (SSSR count). The molecule has 0 N–H and O–H groups in total. The lowest BCUT2D eigenvalue weighted by Crippen LogP contribution is -2.42. The van der Waals surface area contributed by atoms with E-state index in [1.165, 1.54) is 0 Å². The van der Waals surface area contributed by atoms with Gasteiger partial charge in [0.2, 0.25) is 0 Å². The van der Waals surface area contributed by atoms with Gasteiger partial charge in [-0.05, 0) is 45.7 Å². The summed E-state index contributed by atoms with van der Waals surface area (Å²) in [5.74, 6) is 3.77. The second-order valence-corrected chi connectivity index (χ2v) is 7.82. The zero-order valence-corrected chi connectivity index (χ0v) is 16.3. The molecule has 0 radical (unpaired) electrons. The molecular formula is C20H23N5O3. The Bertz CT molecular complexity index is 1030. The third-order valence-corrected chi connectivity index (χ3v) is 6.08. The van der Waals surface area contributed by atoms with Gasteiger partial charge >= 0.3 is 0 Å². The number of rotatable bonds is 3. The SMILES string of the molecule is Cc1noc(C)c1Cc1ccc(C(=O)N2[C@@H]3CC[C@H]2Cc2nnc(C)n2C3)o1. The van der Waals surface area contributed by atoms with E-state index in [0.29, 0.717) is 12.2 Å². The first-order valence-corrected chi connectivity index (χ1v) is 9.73. The monoisotopic (exact) mass is 381 g/mol. The molecule has 8 heteroatoms. The van der Waals surface area contributed by atoms with E-state index in [2.05, 4.69) is 19.9 Å². The van der Waals surface area contributed by atoms with Crippen molar-refractivity contribution < 1.29 is 13.7 Å². The maximum Gasteiger partial charge on any atom is 0.290 e. The number of aromatic nitrogens is 4. The molecule has 2 bridgehead atoms. The van der Waals surface area contributed by atoms with Gasteiger partial charge in [0.1, 0.15) is 23.2 Å². The Morgan fingerprint density at radius 3 is 2.79 bits per heavy atom. The molecule has 2 aliphatic heterocycles. The van der Waals surface area contributed by atoms with E-state index in [0.717, 1.165) is 60.2 Å². The summed E-state index contributed by atoms with van der Waals surface area (Å²) in [4.78, 5) is 15.3. The third-order valence-electron chi connectivity index (χ3n) is 6.08. The Balaban J connectivity index is 1.38. The normalized spacial score (nSPS) is 21.0. The van der Waals surface area contributed by atoms with Gasteiger partial charge < -0.3 is 18.4 Å². The first kappa shape index (κ1) is 17.2. The molecule has 0 unspecified atom stereocenters. The van der Waals surface area contributed by atoms with Gasteiger partial charge in [0.05, 0.1) is 11.7 Å². The van der Waals surface area contributed by atoms with Crippen molar-refractivity contribution >= 4 is 5.91 Å². The predicted molar refractivity (Wildman–Crippen MR) is 98.9 cm³/mol. The summed E-state index contributed by atoms with van der Waals surface area (Å²) in [7, 11) is 0. The average molecular weight is 381 g/mol. The molecular weight excluding hydrogens is 358 g/mol. The molecule has 1 amide bonds. The van der Waals surface area contributed by atoms with Crippen LogP contribution in [-0.4, -0.2) is 42.8 Å². The molecule has 3 aromatic rings. The molecule has 8 nitrogen and oxygen atoms in total. The lowest BCUT2D eigenvalue weighted by atomic mass is 10.1. The molecule has 0 aliphatic carbocycles. The molecule has 1 fully saturated rings. The van der Waals surface area contributed by atoms with E-state index in [-0.39, 0.29) is 18.0 Å². The summed E-state index contributed by atoms with van der Waals surface area (Å²) in [6.07, 6.45) is 3.31. The van der Waals surface area contributed by atoms with Crippen molar-refractivity contribution in [3.05, 3.63) is 52.3 Å². The number of fused-ring (bicyclic) bond motifs is 3. The Hall–Kier alpha value is -2.90. The van der Waals surface area contributed by atoms with Crippen LogP contribution in [0.1, 0.15) is 57.8 Å². The molecule has 146 valence electrons. The molecule has 28 heavy (non-hydrogen) atoms. The second kappa shape index (κ2) is 6.32. The summed E-state index contributed by atoms with van der Waals surface area (Å²) < 4.78 is 13.3. The predicted octanol–water partition coefficient (Wildman–Crippen LogP) is 2.60. The van der Waals surface area contributed by atoms with Crippen LogP contribution in [0.2, 0.25) is 0 Å². The van der Waals surface area contributed by atoms with Gasteiger partial charge in [-0.25, -0.2) is 0 Å². The minimum absolute atomic E-state index is 0.0334. The molecule has 5 heterocycles. The summed E-state index contributed by atoms with van der Waals surface area (Å²) in [5, 5.41) is 12.5. The largest absolute Gasteiger partial charge is 0.456 e. The first-order valence-electron chi connectivity index (χ1n) is 9.73. The van der Waals surface area contributed by atoms with Crippen molar-refractivity contribution in [1.82, 2.24) is 24.8 Å². The topological polar surface area (TPSA) is 90.2 Å². The first-order chi connectivity index (χ1) is 13.5.